The molecule has 18 heavy (non-hydrogen) atoms. The molecule has 1 heterocycles. The van der Waals surface area contributed by atoms with E-state index in [2.05, 4.69) is 22.0 Å². The molecule has 0 fully saturated rings. The van der Waals surface area contributed by atoms with Crippen molar-refractivity contribution in [2.24, 2.45) is 0 Å². The van der Waals surface area contributed by atoms with Crippen LogP contribution in [0.1, 0.15) is 11.1 Å². The van der Waals surface area contributed by atoms with E-state index in [0.29, 0.717) is 5.82 Å². The zero-order valence-electron chi connectivity index (χ0n) is 9.64. The first-order valence-corrected chi connectivity index (χ1v) is 5.64. The van der Waals surface area contributed by atoms with Gasteiger partial charge < -0.3 is 5.73 Å². The number of rotatable bonds is 0. The van der Waals surface area contributed by atoms with E-state index >= 15 is 0 Å². The zero-order chi connectivity index (χ0) is 12.4. The van der Waals surface area contributed by atoms with Crippen molar-refractivity contribution in [1.29, 1.82) is 0 Å². The molecule has 86 valence electrons. The molecule has 2 aromatic carbocycles. The predicted octanol–water partition coefficient (Wildman–Crippen LogP) is 2.54. The quantitative estimate of drug-likeness (QED) is 0.586. The summed E-state index contributed by atoms with van der Waals surface area (Å²) in [6, 6.07) is 15.7. The molecular formula is C15H11N3. The van der Waals surface area contributed by atoms with Gasteiger partial charge in [-0.05, 0) is 24.3 Å². The van der Waals surface area contributed by atoms with Crippen LogP contribution in [0.5, 0.6) is 0 Å². The van der Waals surface area contributed by atoms with Crippen molar-refractivity contribution < 1.29 is 0 Å². The SMILES string of the molecule is Nc1n[nH]c2cccc(C#Cc3ccccc3)c12. The lowest BCUT2D eigenvalue weighted by Gasteiger charge is -1.94. The Morgan fingerprint density at radius 2 is 1.78 bits per heavy atom. The van der Waals surface area contributed by atoms with Crippen LogP contribution < -0.4 is 5.73 Å². The van der Waals surface area contributed by atoms with Gasteiger partial charge in [-0.2, -0.15) is 5.10 Å². The molecule has 0 unspecified atom stereocenters. The van der Waals surface area contributed by atoms with Gasteiger partial charge in [-0.25, -0.2) is 0 Å². The normalized spacial score (nSPS) is 10.0. The number of anilines is 1. The summed E-state index contributed by atoms with van der Waals surface area (Å²) >= 11 is 0. The van der Waals surface area contributed by atoms with E-state index in [4.69, 9.17) is 5.73 Å². The second-order valence-corrected chi connectivity index (χ2v) is 3.95. The van der Waals surface area contributed by atoms with Gasteiger partial charge in [0.25, 0.3) is 0 Å². The maximum Gasteiger partial charge on any atom is 0.154 e. The number of nitrogens with two attached hydrogens (primary N) is 1. The predicted molar refractivity (Wildman–Crippen MR) is 72.9 cm³/mol. The van der Waals surface area contributed by atoms with Crippen LogP contribution in [0.4, 0.5) is 5.82 Å². The number of nitrogens with zero attached hydrogens (tertiary/aromatic N) is 1. The molecule has 0 saturated carbocycles. The average Bonchev–Trinajstić information content (AvgIpc) is 2.80. The van der Waals surface area contributed by atoms with Crippen LogP contribution in [0, 0.1) is 11.8 Å². The molecule has 0 radical (unpaired) electrons. The van der Waals surface area contributed by atoms with E-state index in [0.717, 1.165) is 22.0 Å². The Morgan fingerprint density at radius 3 is 2.61 bits per heavy atom. The van der Waals surface area contributed by atoms with E-state index in [1.807, 2.05) is 48.5 Å². The maximum atomic E-state index is 5.84. The van der Waals surface area contributed by atoms with Crippen molar-refractivity contribution in [2.45, 2.75) is 0 Å². The van der Waals surface area contributed by atoms with E-state index < -0.39 is 0 Å². The molecule has 3 aromatic rings. The van der Waals surface area contributed by atoms with Gasteiger partial charge in [0, 0.05) is 11.1 Å². The van der Waals surface area contributed by atoms with Gasteiger partial charge in [0.1, 0.15) is 0 Å². The van der Waals surface area contributed by atoms with Gasteiger partial charge >= 0.3 is 0 Å². The summed E-state index contributed by atoms with van der Waals surface area (Å²) < 4.78 is 0. The third-order valence-electron chi connectivity index (χ3n) is 2.73. The molecule has 1 aromatic heterocycles. The summed E-state index contributed by atoms with van der Waals surface area (Å²) in [5, 5.41) is 7.77. The number of aromatic amines is 1. The summed E-state index contributed by atoms with van der Waals surface area (Å²) in [6.45, 7) is 0. The molecular weight excluding hydrogens is 222 g/mol. The second kappa shape index (κ2) is 4.27. The minimum absolute atomic E-state index is 0.489. The Hall–Kier alpha value is -2.73. The van der Waals surface area contributed by atoms with Gasteiger partial charge in [-0.1, -0.05) is 36.1 Å². The van der Waals surface area contributed by atoms with E-state index in [-0.39, 0.29) is 0 Å². The number of benzene rings is 2. The molecule has 0 aliphatic heterocycles. The van der Waals surface area contributed by atoms with Gasteiger partial charge in [0.2, 0.25) is 0 Å². The van der Waals surface area contributed by atoms with E-state index in [1.54, 1.807) is 0 Å². The van der Waals surface area contributed by atoms with Crippen LogP contribution in [0.15, 0.2) is 48.5 Å². The monoisotopic (exact) mass is 233 g/mol. The topological polar surface area (TPSA) is 54.7 Å². The highest BCUT2D eigenvalue weighted by Crippen LogP contribution is 2.21. The summed E-state index contributed by atoms with van der Waals surface area (Å²) in [5.41, 5.74) is 8.62. The van der Waals surface area contributed by atoms with Gasteiger partial charge in [-0.3, -0.25) is 5.10 Å². The van der Waals surface area contributed by atoms with Crippen LogP contribution in [0.2, 0.25) is 0 Å². The number of fused-ring (bicyclic) bond motifs is 1. The fraction of sp³-hybridized carbons (Fsp3) is 0. The first kappa shape index (κ1) is 10.4. The summed E-state index contributed by atoms with van der Waals surface area (Å²) in [4.78, 5) is 0. The van der Waals surface area contributed by atoms with Crippen molar-refractivity contribution in [2.75, 3.05) is 5.73 Å². The first-order valence-electron chi connectivity index (χ1n) is 5.64. The van der Waals surface area contributed by atoms with Crippen LogP contribution >= 0.6 is 0 Å². The Kier molecular flexibility index (Phi) is 2.47. The molecule has 3 rings (SSSR count). The summed E-state index contributed by atoms with van der Waals surface area (Å²) in [6.07, 6.45) is 0. The number of hydrogen-bond donors (Lipinski definition) is 2. The standard InChI is InChI=1S/C15H11N3/c16-15-14-12(7-4-8-13(14)17-18-15)10-9-11-5-2-1-3-6-11/h1-8H,(H3,16,17,18). The molecule has 3 heteroatoms. The first-order chi connectivity index (χ1) is 8.84. The molecule has 3 N–H and O–H groups in total. The largest absolute Gasteiger partial charge is 0.382 e. The van der Waals surface area contributed by atoms with Gasteiger partial charge in [0.05, 0.1) is 10.9 Å². The lowest BCUT2D eigenvalue weighted by Crippen LogP contribution is -1.86. The Labute approximate surface area is 105 Å². The average molecular weight is 233 g/mol. The number of H-pyrrole nitrogens is 1. The van der Waals surface area contributed by atoms with Crippen LogP contribution in [-0.4, -0.2) is 10.2 Å². The van der Waals surface area contributed by atoms with Crippen LogP contribution in [0.25, 0.3) is 10.9 Å². The van der Waals surface area contributed by atoms with Gasteiger partial charge in [-0.15, -0.1) is 0 Å². The number of aromatic nitrogens is 2. The molecule has 3 nitrogen and oxygen atoms in total. The molecule has 0 bridgehead atoms. The fourth-order valence-electron chi connectivity index (χ4n) is 1.86. The third-order valence-corrected chi connectivity index (χ3v) is 2.73. The highest BCUT2D eigenvalue weighted by atomic mass is 15.1. The molecule has 0 spiro atoms. The fourth-order valence-corrected chi connectivity index (χ4v) is 1.86. The minimum atomic E-state index is 0.489. The number of nitrogen functional groups attached to an aromatic ring is 1. The Balaban J connectivity index is 2.11. The van der Waals surface area contributed by atoms with Crippen molar-refractivity contribution in [3.63, 3.8) is 0 Å². The van der Waals surface area contributed by atoms with Gasteiger partial charge in [0.15, 0.2) is 5.82 Å². The molecule has 0 saturated heterocycles. The number of nitrogens with one attached hydrogen (secondary N) is 1. The van der Waals surface area contributed by atoms with Crippen LogP contribution in [0.3, 0.4) is 0 Å². The lowest BCUT2D eigenvalue weighted by molar-refractivity contribution is 1.13. The van der Waals surface area contributed by atoms with Crippen molar-refractivity contribution in [3.8, 4) is 11.8 Å². The van der Waals surface area contributed by atoms with Crippen molar-refractivity contribution in [3.05, 3.63) is 59.7 Å². The maximum absolute atomic E-state index is 5.84. The zero-order valence-corrected chi connectivity index (χ0v) is 9.64. The Bertz CT molecular complexity index is 745. The van der Waals surface area contributed by atoms with Crippen molar-refractivity contribution in [1.82, 2.24) is 10.2 Å². The Morgan fingerprint density at radius 1 is 0.944 bits per heavy atom. The molecule has 0 aliphatic carbocycles. The second-order valence-electron chi connectivity index (χ2n) is 3.95. The smallest absolute Gasteiger partial charge is 0.154 e. The highest BCUT2D eigenvalue weighted by molar-refractivity contribution is 5.93. The lowest BCUT2D eigenvalue weighted by atomic mass is 10.1. The summed E-state index contributed by atoms with van der Waals surface area (Å²) in [7, 11) is 0. The number of hydrogen-bond acceptors (Lipinski definition) is 2. The van der Waals surface area contributed by atoms with Crippen LogP contribution in [-0.2, 0) is 0 Å². The molecule has 0 aliphatic rings. The van der Waals surface area contributed by atoms with E-state index in [9.17, 15) is 0 Å². The molecule has 0 atom stereocenters. The minimum Gasteiger partial charge on any atom is -0.382 e. The van der Waals surface area contributed by atoms with E-state index in [1.165, 1.54) is 0 Å². The highest BCUT2D eigenvalue weighted by Gasteiger charge is 2.04. The van der Waals surface area contributed by atoms with Crippen molar-refractivity contribution >= 4 is 16.7 Å². The molecule has 0 amide bonds. The summed E-state index contributed by atoms with van der Waals surface area (Å²) in [5.74, 6) is 6.75. The third kappa shape index (κ3) is 1.80.